The Morgan fingerprint density at radius 2 is 2.08 bits per heavy atom. The highest BCUT2D eigenvalue weighted by atomic mass is 32.1. The quantitative estimate of drug-likeness (QED) is 0.698. The summed E-state index contributed by atoms with van der Waals surface area (Å²) in [5.74, 6) is -3.65. The number of amides is 1. The monoisotopic (exact) mass is 367 g/mol. The number of nitrogens with zero attached hydrogens (tertiary/aromatic N) is 2. The lowest BCUT2D eigenvalue weighted by Gasteiger charge is -2.25. The van der Waals surface area contributed by atoms with Gasteiger partial charge in [0.05, 0.1) is 30.9 Å². The van der Waals surface area contributed by atoms with E-state index in [1.54, 1.807) is 22.6 Å². The molecule has 0 aliphatic carbocycles. The summed E-state index contributed by atoms with van der Waals surface area (Å²) < 4.78 is 5.31. The molecule has 0 bridgehead atoms. The normalized spacial score (nSPS) is 12.6. The molecule has 3 heterocycles. The van der Waals surface area contributed by atoms with Crippen molar-refractivity contribution >= 4 is 29.4 Å². The molecule has 9 nitrogen and oxygen atoms in total. The minimum Gasteiger partial charge on any atom is -0.473 e. The van der Waals surface area contributed by atoms with E-state index in [9.17, 15) is 4.79 Å². The number of carboxylic acid groups (broad SMARTS) is 2. The second-order valence-electron chi connectivity index (χ2n) is 5.05. The van der Waals surface area contributed by atoms with E-state index in [0.717, 1.165) is 24.2 Å². The van der Waals surface area contributed by atoms with E-state index >= 15 is 0 Å². The highest BCUT2D eigenvalue weighted by Crippen LogP contribution is 2.16. The number of carbonyl (C=O) groups excluding carboxylic acids is 1. The van der Waals surface area contributed by atoms with Crippen molar-refractivity contribution in [3.05, 3.63) is 40.1 Å². The van der Waals surface area contributed by atoms with Crippen LogP contribution in [0.5, 0.6) is 0 Å². The minimum absolute atomic E-state index is 0.239. The summed E-state index contributed by atoms with van der Waals surface area (Å²) in [6, 6.07) is 4.06. The van der Waals surface area contributed by atoms with Gasteiger partial charge in [-0.3, -0.25) is 0 Å². The standard InChI is InChI=1S/C13H15N3O2S.C2H2O4/c17-13(18-6-4-10-2-1-7-19-10)16-5-3-11-12(8-16)15-9-14-11;3-1(4)2(5)6/h1-2,7,9H,3-6,8H2,(H,14,15);(H,3,4)(H,5,6). The Kier molecular flexibility index (Phi) is 6.52. The van der Waals surface area contributed by atoms with Gasteiger partial charge in [0.15, 0.2) is 0 Å². The second-order valence-corrected chi connectivity index (χ2v) is 6.09. The smallest absolute Gasteiger partial charge is 0.414 e. The number of nitrogens with one attached hydrogen (secondary N) is 1. The number of thiophene rings is 1. The van der Waals surface area contributed by atoms with Gasteiger partial charge in [-0.2, -0.15) is 0 Å². The molecule has 1 aliphatic heterocycles. The summed E-state index contributed by atoms with van der Waals surface area (Å²) in [4.78, 5) is 40.4. The van der Waals surface area contributed by atoms with Crippen LogP contribution in [0.1, 0.15) is 16.3 Å². The molecule has 0 fully saturated rings. The molecule has 0 spiro atoms. The number of carbonyl (C=O) groups is 3. The first-order valence-corrected chi connectivity index (χ1v) is 8.26. The zero-order chi connectivity index (χ0) is 18.2. The molecule has 0 saturated carbocycles. The van der Waals surface area contributed by atoms with E-state index in [1.165, 1.54) is 4.88 Å². The molecule has 10 heteroatoms. The molecule has 3 N–H and O–H groups in total. The Hall–Kier alpha value is -2.88. The van der Waals surface area contributed by atoms with Gasteiger partial charge >= 0.3 is 18.0 Å². The van der Waals surface area contributed by atoms with Gasteiger partial charge in [0, 0.05) is 24.3 Å². The molecule has 0 unspecified atom stereocenters. The van der Waals surface area contributed by atoms with Crippen LogP contribution in [0.2, 0.25) is 0 Å². The molecule has 0 aromatic carbocycles. The lowest BCUT2D eigenvalue weighted by molar-refractivity contribution is -0.159. The Balaban J connectivity index is 0.000000326. The highest BCUT2D eigenvalue weighted by Gasteiger charge is 2.23. The van der Waals surface area contributed by atoms with E-state index < -0.39 is 11.9 Å². The SMILES string of the molecule is O=C(O)C(=O)O.O=C(OCCc1cccs1)N1CCc2nc[nH]c2C1. The van der Waals surface area contributed by atoms with Crippen molar-refractivity contribution in [3.63, 3.8) is 0 Å². The zero-order valence-corrected chi connectivity index (χ0v) is 14.0. The summed E-state index contributed by atoms with van der Waals surface area (Å²) in [6.07, 6.45) is 3.01. The van der Waals surface area contributed by atoms with Crippen molar-refractivity contribution < 1.29 is 29.3 Å². The molecular weight excluding hydrogens is 350 g/mol. The summed E-state index contributed by atoms with van der Waals surface area (Å²) >= 11 is 1.68. The van der Waals surface area contributed by atoms with Crippen LogP contribution in [0.3, 0.4) is 0 Å². The maximum absolute atomic E-state index is 11.9. The van der Waals surface area contributed by atoms with Crippen molar-refractivity contribution in [2.24, 2.45) is 0 Å². The van der Waals surface area contributed by atoms with Gasteiger partial charge in [0.2, 0.25) is 0 Å². The topological polar surface area (TPSA) is 133 Å². The molecule has 1 aliphatic rings. The first-order chi connectivity index (χ1) is 12.0. The van der Waals surface area contributed by atoms with Gasteiger partial charge in [0.1, 0.15) is 0 Å². The van der Waals surface area contributed by atoms with E-state index in [0.29, 0.717) is 19.7 Å². The number of carboxylic acids is 2. The number of rotatable bonds is 3. The average molecular weight is 367 g/mol. The van der Waals surface area contributed by atoms with Gasteiger partial charge < -0.3 is 24.8 Å². The molecule has 2 aromatic rings. The number of imidazole rings is 1. The molecule has 0 atom stereocenters. The van der Waals surface area contributed by atoms with Gasteiger partial charge in [-0.05, 0) is 11.4 Å². The van der Waals surface area contributed by atoms with Crippen LogP contribution in [-0.2, 0) is 33.7 Å². The van der Waals surface area contributed by atoms with Crippen molar-refractivity contribution in [2.45, 2.75) is 19.4 Å². The van der Waals surface area contributed by atoms with Gasteiger partial charge in [0.25, 0.3) is 0 Å². The van der Waals surface area contributed by atoms with E-state index in [2.05, 4.69) is 16.0 Å². The molecule has 2 aromatic heterocycles. The molecule has 3 rings (SSSR count). The fraction of sp³-hybridized carbons (Fsp3) is 0.333. The maximum Gasteiger partial charge on any atom is 0.414 e. The Bertz CT molecular complexity index is 715. The van der Waals surface area contributed by atoms with Crippen LogP contribution in [0.15, 0.2) is 23.8 Å². The van der Waals surface area contributed by atoms with Crippen molar-refractivity contribution in [2.75, 3.05) is 13.2 Å². The second kappa shape index (κ2) is 8.83. The summed E-state index contributed by atoms with van der Waals surface area (Å²) in [7, 11) is 0. The minimum atomic E-state index is -1.82. The molecular formula is C15H17N3O6S. The zero-order valence-electron chi connectivity index (χ0n) is 13.2. The predicted molar refractivity (Wildman–Crippen MR) is 87.3 cm³/mol. The highest BCUT2D eigenvalue weighted by molar-refractivity contribution is 7.09. The fourth-order valence-electron chi connectivity index (χ4n) is 2.15. The number of aliphatic carboxylic acids is 2. The molecule has 1 amide bonds. The number of fused-ring (bicyclic) bond motifs is 1. The maximum atomic E-state index is 11.9. The molecule has 134 valence electrons. The van der Waals surface area contributed by atoms with Crippen LogP contribution in [0.25, 0.3) is 0 Å². The Morgan fingerprint density at radius 3 is 2.72 bits per heavy atom. The summed E-state index contributed by atoms with van der Waals surface area (Å²) in [5.41, 5.74) is 2.07. The average Bonchev–Trinajstić information content (AvgIpc) is 3.25. The number of hydrogen-bond acceptors (Lipinski definition) is 6. The van der Waals surface area contributed by atoms with Crippen LogP contribution in [-0.4, -0.2) is 56.3 Å². The summed E-state index contributed by atoms with van der Waals surface area (Å²) in [6.45, 7) is 1.68. The largest absolute Gasteiger partial charge is 0.473 e. The third-order valence-corrected chi connectivity index (χ3v) is 4.31. The number of aromatic amines is 1. The van der Waals surface area contributed by atoms with Gasteiger partial charge in [-0.25, -0.2) is 19.4 Å². The first kappa shape index (κ1) is 18.5. The van der Waals surface area contributed by atoms with E-state index in [-0.39, 0.29) is 6.09 Å². The molecule has 25 heavy (non-hydrogen) atoms. The number of H-pyrrole nitrogens is 1. The Labute approximate surface area is 146 Å². The van der Waals surface area contributed by atoms with E-state index in [4.69, 9.17) is 24.5 Å². The molecule has 0 saturated heterocycles. The van der Waals surface area contributed by atoms with Crippen LogP contribution in [0, 0.1) is 0 Å². The van der Waals surface area contributed by atoms with Crippen LogP contribution >= 0.6 is 11.3 Å². The van der Waals surface area contributed by atoms with Gasteiger partial charge in [-0.15, -0.1) is 11.3 Å². The van der Waals surface area contributed by atoms with Crippen molar-refractivity contribution in [1.82, 2.24) is 14.9 Å². The third kappa shape index (κ3) is 5.60. The lowest BCUT2D eigenvalue weighted by atomic mass is 10.1. The van der Waals surface area contributed by atoms with Crippen molar-refractivity contribution in [1.29, 1.82) is 0 Å². The number of aromatic nitrogens is 2. The first-order valence-electron chi connectivity index (χ1n) is 7.38. The van der Waals surface area contributed by atoms with Crippen molar-refractivity contribution in [3.8, 4) is 0 Å². The number of hydrogen-bond donors (Lipinski definition) is 3. The van der Waals surface area contributed by atoms with Crippen LogP contribution < -0.4 is 0 Å². The summed E-state index contributed by atoms with van der Waals surface area (Å²) in [5, 5.41) is 16.8. The molecule has 0 radical (unpaired) electrons. The third-order valence-electron chi connectivity index (χ3n) is 3.37. The number of ether oxygens (including phenoxy) is 1. The fourth-order valence-corrected chi connectivity index (χ4v) is 2.84. The lowest BCUT2D eigenvalue weighted by Crippen LogP contribution is -2.36. The van der Waals surface area contributed by atoms with Gasteiger partial charge in [-0.1, -0.05) is 6.07 Å². The van der Waals surface area contributed by atoms with Crippen LogP contribution in [0.4, 0.5) is 4.79 Å². The van der Waals surface area contributed by atoms with E-state index in [1.807, 2.05) is 11.4 Å². The Morgan fingerprint density at radius 1 is 1.32 bits per heavy atom. The predicted octanol–water partition coefficient (Wildman–Crippen LogP) is 1.36.